The summed E-state index contributed by atoms with van der Waals surface area (Å²) in [6.45, 7) is 22.8. The zero-order chi connectivity index (χ0) is 85.7. The maximum Gasteiger partial charge on any atom is 0.312 e. The predicted molar refractivity (Wildman–Crippen MR) is 434 cm³/mol. The molecule has 11 atom stereocenters. The molecule has 3 rings (SSSR count). The molecule has 36 heteroatoms. The molecule has 116 heavy (non-hydrogen) atoms. The smallest absolute Gasteiger partial charge is 0.312 e. The lowest BCUT2D eigenvalue weighted by atomic mass is 9.89. The van der Waals surface area contributed by atoms with Crippen LogP contribution in [0.3, 0.4) is 0 Å². The third-order valence-corrected chi connectivity index (χ3v) is 19.5. The first-order valence-corrected chi connectivity index (χ1v) is 40.3. The summed E-state index contributed by atoms with van der Waals surface area (Å²) in [5.74, 6) is -5.90. The average Bonchev–Trinajstić information content (AvgIpc) is 1.40. The van der Waals surface area contributed by atoms with Crippen molar-refractivity contribution in [3.63, 3.8) is 0 Å². The highest BCUT2D eigenvalue weighted by Crippen LogP contribution is 2.30. The minimum absolute atomic E-state index is 0.0131. The number of hydrogen-bond acceptors (Lipinski definition) is 23. The van der Waals surface area contributed by atoms with E-state index in [1.165, 1.54) is 14.2 Å². The molecule has 0 radical (unpaired) electrons. The number of carbonyl (C=O) groups is 10. The normalized spacial score (nSPS) is 15.4. The van der Waals surface area contributed by atoms with Crippen LogP contribution in [-0.2, 0) is 108 Å². The summed E-state index contributed by atoms with van der Waals surface area (Å²) < 4.78 is 61.1. The lowest BCUT2D eigenvalue weighted by Crippen LogP contribution is -2.59. The van der Waals surface area contributed by atoms with Gasteiger partial charge in [0.1, 0.15) is 37.4 Å². The summed E-state index contributed by atoms with van der Waals surface area (Å²) >= 11 is 0. The molecule has 2 aromatic carbocycles. The maximum atomic E-state index is 14.7. The Morgan fingerprint density at radius 3 is 1.62 bits per heavy atom. The Kier molecular flexibility index (Phi) is 52.2. The number of anilines is 1. The first-order valence-electron chi connectivity index (χ1n) is 40.3. The molecule has 0 unspecified atom stereocenters. The Morgan fingerprint density at radius 2 is 1.11 bits per heavy atom. The van der Waals surface area contributed by atoms with Crippen LogP contribution in [0.2, 0.25) is 0 Å². The molecule has 1 heterocycles. The van der Waals surface area contributed by atoms with Gasteiger partial charge in [-0.05, 0) is 92.2 Å². The fourth-order valence-electron chi connectivity index (χ4n) is 13.2. The Bertz CT molecular complexity index is 3220. The topological polar surface area (TPSA) is 453 Å². The largest absolute Gasteiger partial charge is 0.379 e. The van der Waals surface area contributed by atoms with E-state index in [-0.39, 0.29) is 94.0 Å². The van der Waals surface area contributed by atoms with Crippen LogP contribution in [-0.4, -0.2) is 309 Å². The number of nitrogens with zero attached hydrogens (tertiary/aromatic N) is 6. The Labute approximate surface area is 684 Å². The number of nitrogens with one attached hydrogen (secondary N) is 8. The number of ether oxygens (including phenoxy) is 11. The number of rotatable bonds is 64. The first kappa shape index (κ1) is 102. The summed E-state index contributed by atoms with van der Waals surface area (Å²) in [4.78, 5) is 144. The van der Waals surface area contributed by atoms with Crippen LogP contribution in [0.5, 0.6) is 0 Å². The lowest BCUT2D eigenvalue weighted by molar-refractivity contribution is -0.148. The number of likely N-dealkylation sites (N-methyl/N-ethyl adjacent to an activating group) is 2. The summed E-state index contributed by atoms with van der Waals surface area (Å²) in [6, 6.07) is 9.33. The zero-order valence-electron chi connectivity index (χ0n) is 70.8. The minimum Gasteiger partial charge on any atom is -0.379 e. The van der Waals surface area contributed by atoms with E-state index in [4.69, 9.17) is 63.4 Å². The van der Waals surface area contributed by atoms with E-state index >= 15 is 0 Å². The molecule has 1 aliphatic rings. The van der Waals surface area contributed by atoms with Crippen molar-refractivity contribution < 1.29 is 100 Å². The molecule has 11 amide bonds. The molecule has 0 aromatic heterocycles. The van der Waals surface area contributed by atoms with E-state index < -0.39 is 121 Å². The van der Waals surface area contributed by atoms with Crippen LogP contribution >= 0.6 is 0 Å². The number of carbonyl (C=O) groups excluding carboxylic acids is 10. The molecule has 10 N–H and O–H groups in total. The fourth-order valence-corrected chi connectivity index (χ4v) is 13.2. The van der Waals surface area contributed by atoms with Crippen molar-refractivity contribution >= 4 is 64.9 Å². The van der Waals surface area contributed by atoms with Gasteiger partial charge in [-0.15, -0.1) is 0 Å². The molecule has 2 aromatic rings. The second-order valence-electron chi connectivity index (χ2n) is 29.6. The van der Waals surface area contributed by atoms with Crippen LogP contribution in [0.4, 0.5) is 10.5 Å². The van der Waals surface area contributed by atoms with Gasteiger partial charge in [-0.2, -0.15) is 0 Å². The Hall–Kier alpha value is -8.23. The number of azide groups is 1. The quantitative estimate of drug-likeness (QED) is 0.0199. The van der Waals surface area contributed by atoms with E-state index in [0.717, 1.165) is 5.56 Å². The fraction of sp³-hybridized carbons (Fsp3) is 0.725. The molecule has 36 nitrogen and oxygen atoms in total. The second-order valence-corrected chi connectivity index (χ2v) is 29.6. The van der Waals surface area contributed by atoms with Gasteiger partial charge in [0.05, 0.1) is 148 Å². The standard InChI is InChI=1S/C80H135N15O21/c1-15-57(8)72(94(12)79(104)70(55(4)5)91-78(103)71(56(6)7)93(10)11)65(106-13)50-68(98)95-32-20-24-64(95)73(107-14)58(9)74(99)89-63(49-59-21-17-16-18-22-59)75(100)85-51-60-25-27-61(28-26-60)87-76(101)62(23-19-29-84-80(81)105)88-77(102)69(54(2)3)90-67(97)53-116-52-66(96)83-30-33-108-35-37-110-39-41-112-43-45-114-47-48-115-46-44-113-42-40-111-38-36-109-34-31-86-92-82/h16-18,21-22,25-28,54-58,62-65,69-73H,15,19-20,23-24,29-53H2,1-14H3,(H,83,96)(H,85,100)(H,87,101)(H,88,102)(H,89,99)(H,90,97)(H,91,103)(H3,81,84,105)/t57-,58+,62-,63-,64-,65+,69-,70-,71-,72-,73+/m0/s1. The van der Waals surface area contributed by atoms with Crippen LogP contribution in [0, 0.1) is 29.6 Å². The lowest BCUT2D eigenvalue weighted by Gasteiger charge is -2.41. The second kappa shape index (κ2) is 59.4. The van der Waals surface area contributed by atoms with Crippen LogP contribution in [0.15, 0.2) is 59.7 Å². The Balaban J connectivity index is 1.50. The van der Waals surface area contributed by atoms with Gasteiger partial charge in [-0.3, -0.25) is 48.1 Å². The van der Waals surface area contributed by atoms with E-state index in [0.29, 0.717) is 136 Å². The van der Waals surface area contributed by atoms with Gasteiger partial charge in [0.15, 0.2) is 0 Å². The van der Waals surface area contributed by atoms with Crippen molar-refractivity contribution in [2.24, 2.45) is 40.4 Å². The van der Waals surface area contributed by atoms with Crippen molar-refractivity contribution in [2.75, 3.05) is 186 Å². The van der Waals surface area contributed by atoms with E-state index in [1.807, 2.05) is 90.9 Å². The Morgan fingerprint density at radius 1 is 0.569 bits per heavy atom. The highest BCUT2D eigenvalue weighted by molar-refractivity contribution is 5.99. The number of likely N-dealkylation sites (tertiary alicyclic amines) is 1. The van der Waals surface area contributed by atoms with Gasteiger partial charge in [0.2, 0.25) is 53.2 Å². The molecule has 0 aliphatic carbocycles. The number of nitrogens with two attached hydrogens (primary N) is 1. The summed E-state index contributed by atoms with van der Waals surface area (Å²) in [5.41, 5.74) is 15.3. The maximum absolute atomic E-state index is 14.7. The number of hydrogen-bond donors (Lipinski definition) is 9. The highest BCUT2D eigenvalue weighted by Gasteiger charge is 2.44. The molecular formula is C80H135N15O21. The number of benzene rings is 2. The van der Waals surface area contributed by atoms with Crippen LogP contribution in [0.1, 0.15) is 112 Å². The summed E-state index contributed by atoms with van der Waals surface area (Å²) in [5, 5.41) is 25.6. The van der Waals surface area contributed by atoms with Crippen molar-refractivity contribution in [2.45, 2.75) is 168 Å². The average molecular weight is 1640 g/mol. The van der Waals surface area contributed by atoms with Gasteiger partial charge in [0.25, 0.3) is 0 Å². The predicted octanol–water partition coefficient (Wildman–Crippen LogP) is 3.27. The number of amides is 11. The first-order chi connectivity index (χ1) is 55.6. The van der Waals surface area contributed by atoms with Crippen molar-refractivity contribution in [1.82, 2.24) is 51.9 Å². The third kappa shape index (κ3) is 40.3. The number of primary amides is 1. The van der Waals surface area contributed by atoms with Gasteiger partial charge in [0, 0.05) is 71.0 Å². The summed E-state index contributed by atoms with van der Waals surface area (Å²) in [6.07, 6.45) is 0.669. The molecular weight excluding hydrogens is 1510 g/mol. The highest BCUT2D eigenvalue weighted by atomic mass is 16.6. The van der Waals surface area contributed by atoms with Crippen LogP contribution < -0.4 is 48.3 Å². The SMILES string of the molecule is CC[C@H](C)[C@@H]([C@@H](CC(=O)N1CCC[C@H]1[C@H](OC)[C@@H](C)C(=O)N[C@@H](Cc1ccccc1)C(=O)NCc1ccc(NC(=O)[C@H](CCCNC(N)=O)NC(=O)[C@@H](NC(=O)COCC(=O)NCCOCCOCCOCCOCCOCCOCCOCCOCCN=[N+]=[N-])C(C)C)cc1)OC)N(C)C(=O)[C@@H](NC(=O)[C@H](C(C)C)N(C)C)C(C)C. The number of methoxy groups -OCH3 is 2. The summed E-state index contributed by atoms with van der Waals surface area (Å²) in [7, 11) is 8.38. The molecule has 1 saturated heterocycles. The van der Waals surface area contributed by atoms with Gasteiger partial charge >= 0.3 is 6.03 Å². The zero-order valence-corrected chi connectivity index (χ0v) is 70.8. The molecule has 0 saturated carbocycles. The molecule has 0 spiro atoms. The van der Waals surface area contributed by atoms with Crippen molar-refractivity contribution in [1.29, 1.82) is 0 Å². The van der Waals surface area contributed by atoms with E-state index in [9.17, 15) is 47.9 Å². The monoisotopic (exact) mass is 1640 g/mol. The van der Waals surface area contributed by atoms with E-state index in [1.54, 1.807) is 61.9 Å². The van der Waals surface area contributed by atoms with Crippen molar-refractivity contribution in [3.8, 4) is 0 Å². The molecule has 1 aliphatic heterocycles. The van der Waals surface area contributed by atoms with E-state index in [2.05, 4.69) is 52.6 Å². The number of urea groups is 1. The molecule has 1 fully saturated rings. The molecule has 656 valence electrons. The third-order valence-electron chi connectivity index (χ3n) is 19.5. The van der Waals surface area contributed by atoms with Crippen LogP contribution in [0.25, 0.3) is 10.4 Å². The van der Waals surface area contributed by atoms with Gasteiger partial charge < -0.3 is 110 Å². The minimum atomic E-state index is -1.16. The molecule has 0 bridgehead atoms. The van der Waals surface area contributed by atoms with Crippen molar-refractivity contribution in [3.05, 3.63) is 76.2 Å². The van der Waals surface area contributed by atoms with Gasteiger partial charge in [-0.25, -0.2) is 4.79 Å². The van der Waals surface area contributed by atoms with Gasteiger partial charge in [-0.1, -0.05) is 116 Å².